The maximum atomic E-state index is 11.6. The minimum Gasteiger partial charge on any atom is -0.478 e. The minimum atomic E-state index is -0.633. The fourth-order valence-electron chi connectivity index (χ4n) is 1.85. The number of benzene rings is 1. The van der Waals surface area contributed by atoms with Crippen molar-refractivity contribution in [3.05, 3.63) is 29.1 Å². The van der Waals surface area contributed by atoms with Gasteiger partial charge in [0.15, 0.2) is 6.10 Å². The second-order valence-electron chi connectivity index (χ2n) is 4.23. The second kappa shape index (κ2) is 5.92. The van der Waals surface area contributed by atoms with Gasteiger partial charge in [-0.15, -0.1) is 11.3 Å². The van der Waals surface area contributed by atoms with Crippen LogP contribution in [-0.4, -0.2) is 25.0 Å². The Morgan fingerprint density at radius 2 is 2.25 bits per heavy atom. The maximum Gasteiger partial charge on any atom is 0.347 e. The van der Waals surface area contributed by atoms with Gasteiger partial charge in [-0.3, -0.25) is 5.41 Å². The number of methoxy groups -OCH3 is 1. The van der Waals surface area contributed by atoms with Crippen molar-refractivity contribution in [1.82, 2.24) is 0 Å². The van der Waals surface area contributed by atoms with Crippen molar-refractivity contribution in [3.8, 4) is 5.75 Å². The third-order valence-electron chi connectivity index (χ3n) is 2.89. The number of rotatable bonds is 5. The molecule has 1 heterocycles. The topological polar surface area (TPSA) is 85.4 Å². The number of carbonyl (C=O) groups excluding carboxylic acids is 1. The molecule has 2 aromatic rings. The van der Waals surface area contributed by atoms with Crippen LogP contribution in [0.25, 0.3) is 10.1 Å². The molecule has 3 N–H and O–H groups in total. The number of ether oxygens (including phenoxy) is 2. The summed E-state index contributed by atoms with van der Waals surface area (Å²) in [5, 5.41) is 8.34. The Hall–Kier alpha value is -2.08. The molecule has 106 valence electrons. The van der Waals surface area contributed by atoms with E-state index in [-0.39, 0.29) is 5.84 Å². The number of thiophene rings is 1. The highest BCUT2D eigenvalue weighted by atomic mass is 32.1. The lowest BCUT2D eigenvalue weighted by atomic mass is 10.2. The molecule has 2 rings (SSSR count). The number of amidine groups is 1. The molecule has 0 saturated heterocycles. The number of fused-ring (bicyclic) bond motifs is 1. The highest BCUT2D eigenvalue weighted by Gasteiger charge is 2.20. The van der Waals surface area contributed by atoms with E-state index in [2.05, 4.69) is 0 Å². The molecule has 0 radical (unpaired) electrons. The summed E-state index contributed by atoms with van der Waals surface area (Å²) < 4.78 is 11.4. The third-order valence-corrected chi connectivity index (χ3v) is 4.02. The van der Waals surface area contributed by atoms with Gasteiger partial charge in [0.05, 0.1) is 12.0 Å². The molecule has 1 aromatic carbocycles. The maximum absolute atomic E-state index is 11.6. The van der Waals surface area contributed by atoms with Gasteiger partial charge >= 0.3 is 5.97 Å². The van der Waals surface area contributed by atoms with E-state index in [1.54, 1.807) is 6.07 Å². The van der Waals surface area contributed by atoms with Crippen LogP contribution in [0.15, 0.2) is 24.3 Å². The zero-order chi connectivity index (χ0) is 14.7. The van der Waals surface area contributed by atoms with Crippen molar-refractivity contribution in [3.63, 3.8) is 0 Å². The fraction of sp³-hybridized carbons (Fsp3) is 0.286. The predicted octanol–water partition coefficient (Wildman–Crippen LogP) is 2.52. The van der Waals surface area contributed by atoms with Gasteiger partial charge in [-0.05, 0) is 24.6 Å². The van der Waals surface area contributed by atoms with Crippen LogP contribution in [0.3, 0.4) is 0 Å². The van der Waals surface area contributed by atoms with Crippen LogP contribution in [0.1, 0.15) is 18.2 Å². The summed E-state index contributed by atoms with van der Waals surface area (Å²) >= 11 is 1.42. The van der Waals surface area contributed by atoms with Crippen molar-refractivity contribution in [2.45, 2.75) is 19.4 Å². The van der Waals surface area contributed by atoms with Crippen molar-refractivity contribution < 1.29 is 14.3 Å². The molecule has 0 bridgehead atoms. The van der Waals surface area contributed by atoms with E-state index in [0.29, 0.717) is 17.0 Å². The zero-order valence-corrected chi connectivity index (χ0v) is 12.1. The van der Waals surface area contributed by atoms with Crippen LogP contribution >= 0.6 is 11.3 Å². The molecular formula is C14H16N2O3S. The predicted molar refractivity (Wildman–Crippen MR) is 79.6 cm³/mol. The van der Waals surface area contributed by atoms with E-state index in [9.17, 15) is 4.79 Å². The Kier molecular flexibility index (Phi) is 4.24. The van der Waals surface area contributed by atoms with Crippen molar-refractivity contribution >= 4 is 33.2 Å². The van der Waals surface area contributed by atoms with Crippen LogP contribution in [-0.2, 0) is 9.53 Å². The lowest BCUT2D eigenvalue weighted by molar-refractivity contribution is -0.148. The first-order valence-electron chi connectivity index (χ1n) is 6.18. The summed E-state index contributed by atoms with van der Waals surface area (Å²) in [4.78, 5) is 12.3. The van der Waals surface area contributed by atoms with Crippen LogP contribution in [0.5, 0.6) is 5.75 Å². The minimum absolute atomic E-state index is 0.0251. The van der Waals surface area contributed by atoms with Gasteiger partial charge in [-0.25, -0.2) is 4.79 Å². The zero-order valence-electron chi connectivity index (χ0n) is 11.3. The van der Waals surface area contributed by atoms with E-state index in [1.165, 1.54) is 18.4 Å². The number of nitrogens with two attached hydrogens (primary N) is 1. The molecule has 6 heteroatoms. The molecule has 0 saturated carbocycles. The second-order valence-corrected chi connectivity index (χ2v) is 5.31. The number of nitrogen functional groups attached to an aromatic ring is 1. The molecule has 1 atom stereocenters. The number of esters is 1. The van der Waals surface area contributed by atoms with Crippen LogP contribution < -0.4 is 10.5 Å². The monoisotopic (exact) mass is 292 g/mol. The van der Waals surface area contributed by atoms with Crippen LogP contribution in [0.4, 0.5) is 0 Å². The van der Waals surface area contributed by atoms with Gasteiger partial charge < -0.3 is 15.2 Å². The first-order valence-corrected chi connectivity index (χ1v) is 7.00. The number of carbonyl (C=O) groups is 1. The molecular weight excluding hydrogens is 276 g/mol. The Morgan fingerprint density at radius 1 is 1.50 bits per heavy atom. The highest BCUT2D eigenvalue weighted by Crippen LogP contribution is 2.33. The van der Waals surface area contributed by atoms with Crippen molar-refractivity contribution in [1.29, 1.82) is 5.41 Å². The van der Waals surface area contributed by atoms with Gasteiger partial charge in [0.25, 0.3) is 0 Å². The van der Waals surface area contributed by atoms with Crippen LogP contribution in [0.2, 0.25) is 0 Å². The molecule has 20 heavy (non-hydrogen) atoms. The molecule has 0 spiro atoms. The van der Waals surface area contributed by atoms with E-state index in [0.717, 1.165) is 10.1 Å². The Morgan fingerprint density at radius 3 is 2.85 bits per heavy atom. The average molecular weight is 292 g/mol. The first kappa shape index (κ1) is 14.3. The Bertz CT molecular complexity index is 651. The lowest BCUT2D eigenvalue weighted by Gasteiger charge is -2.15. The smallest absolute Gasteiger partial charge is 0.347 e. The summed E-state index contributed by atoms with van der Waals surface area (Å²) in [6.07, 6.45) is -0.112. The summed E-state index contributed by atoms with van der Waals surface area (Å²) in [6.45, 7) is 1.86. The van der Waals surface area contributed by atoms with E-state index < -0.39 is 12.1 Å². The lowest BCUT2D eigenvalue weighted by Crippen LogP contribution is -2.27. The van der Waals surface area contributed by atoms with Gasteiger partial charge in [-0.2, -0.15) is 0 Å². The molecule has 1 unspecified atom stereocenters. The van der Waals surface area contributed by atoms with Crippen molar-refractivity contribution in [2.24, 2.45) is 5.73 Å². The quantitative estimate of drug-likeness (QED) is 0.504. The molecule has 1 aromatic heterocycles. The van der Waals surface area contributed by atoms with Gasteiger partial charge in [0.2, 0.25) is 0 Å². The molecule has 0 fully saturated rings. The van der Waals surface area contributed by atoms with Gasteiger partial charge in [0.1, 0.15) is 11.6 Å². The van der Waals surface area contributed by atoms with E-state index in [1.807, 2.05) is 25.1 Å². The largest absolute Gasteiger partial charge is 0.478 e. The first-order chi connectivity index (χ1) is 9.56. The number of hydrogen-bond acceptors (Lipinski definition) is 5. The van der Waals surface area contributed by atoms with E-state index in [4.69, 9.17) is 20.6 Å². The molecule has 0 amide bonds. The number of nitrogens with one attached hydrogen (secondary N) is 1. The summed E-state index contributed by atoms with van der Waals surface area (Å²) in [5.41, 5.74) is 5.50. The molecule has 0 aliphatic heterocycles. The van der Waals surface area contributed by atoms with Crippen LogP contribution in [0, 0.1) is 5.41 Å². The van der Waals surface area contributed by atoms with Gasteiger partial charge in [-0.1, -0.05) is 13.0 Å². The Balaban J connectivity index is 2.38. The van der Waals surface area contributed by atoms with E-state index >= 15 is 0 Å². The fourth-order valence-corrected chi connectivity index (χ4v) is 2.79. The normalized spacial score (nSPS) is 12.1. The molecule has 0 aliphatic rings. The van der Waals surface area contributed by atoms with Crippen molar-refractivity contribution in [2.75, 3.05) is 7.11 Å². The summed E-state index contributed by atoms with van der Waals surface area (Å²) in [5.74, 6) is 0.229. The average Bonchev–Trinajstić information content (AvgIpc) is 2.88. The summed E-state index contributed by atoms with van der Waals surface area (Å²) in [6, 6.07) is 7.38. The SMILES string of the molecule is CCC(Oc1cccc2sc(C(=N)N)cc12)C(=O)OC. The summed E-state index contributed by atoms with van der Waals surface area (Å²) in [7, 11) is 1.34. The molecule has 5 nitrogen and oxygen atoms in total. The number of hydrogen-bond donors (Lipinski definition) is 2. The van der Waals surface area contributed by atoms with Gasteiger partial charge in [0, 0.05) is 10.1 Å². The third kappa shape index (κ3) is 2.75. The highest BCUT2D eigenvalue weighted by molar-refractivity contribution is 7.20. The molecule has 0 aliphatic carbocycles. The Labute approximate surface area is 120 Å². The standard InChI is InChI=1S/C14H16N2O3S/c1-3-9(14(17)18-2)19-10-5-4-6-11-8(10)7-12(20-11)13(15)16/h4-7,9H,3H2,1-2H3,(H3,15,16).